The summed E-state index contributed by atoms with van der Waals surface area (Å²) in [7, 11) is 1.61. The normalized spacial score (nSPS) is 16.0. The largest absolute Gasteiger partial charge is 0.497 e. The first-order chi connectivity index (χ1) is 12.7. The highest BCUT2D eigenvalue weighted by atomic mass is 32.1. The lowest BCUT2D eigenvalue weighted by atomic mass is 9.93. The van der Waals surface area contributed by atoms with Crippen LogP contribution in [-0.4, -0.2) is 22.5 Å². The fourth-order valence-corrected chi connectivity index (χ4v) is 3.67. The Kier molecular flexibility index (Phi) is 4.57. The van der Waals surface area contributed by atoms with Crippen LogP contribution in [0, 0.1) is 0 Å². The van der Waals surface area contributed by atoms with Gasteiger partial charge in [0.05, 0.1) is 19.4 Å². The minimum atomic E-state index is -0.294. The lowest BCUT2D eigenvalue weighted by molar-refractivity contribution is 0.246. The minimum Gasteiger partial charge on any atom is -0.497 e. The van der Waals surface area contributed by atoms with Crippen molar-refractivity contribution in [2.24, 2.45) is 0 Å². The number of furan rings is 1. The Hall–Kier alpha value is -2.87. The predicted molar refractivity (Wildman–Crippen MR) is 98.4 cm³/mol. The second-order valence-corrected chi connectivity index (χ2v) is 6.75. The predicted octanol–water partition coefficient (Wildman–Crippen LogP) is 4.01. The molecule has 1 aliphatic rings. The van der Waals surface area contributed by atoms with Crippen LogP contribution in [0.2, 0.25) is 0 Å². The molecule has 0 aliphatic heterocycles. The summed E-state index contributed by atoms with van der Waals surface area (Å²) in [5.41, 5.74) is 1.89. The minimum absolute atomic E-state index is 0.0386. The van der Waals surface area contributed by atoms with Crippen LogP contribution in [0.3, 0.4) is 0 Å². The van der Waals surface area contributed by atoms with E-state index < -0.39 is 0 Å². The molecule has 0 spiro atoms. The zero-order valence-electron chi connectivity index (χ0n) is 14.2. The van der Waals surface area contributed by atoms with Crippen molar-refractivity contribution in [3.63, 3.8) is 0 Å². The maximum absolute atomic E-state index is 12.3. The molecule has 0 radical (unpaired) electrons. The molecule has 134 valence electrons. The van der Waals surface area contributed by atoms with Crippen molar-refractivity contribution < 1.29 is 13.9 Å². The Bertz CT molecular complexity index is 921. The average Bonchev–Trinajstić information content (AvgIpc) is 3.31. The van der Waals surface area contributed by atoms with Gasteiger partial charge in [0.25, 0.3) is 0 Å². The number of aromatic nitrogens is 2. The molecule has 4 rings (SSSR count). The van der Waals surface area contributed by atoms with Crippen LogP contribution in [0.1, 0.15) is 30.2 Å². The van der Waals surface area contributed by atoms with Crippen molar-refractivity contribution in [2.75, 3.05) is 12.4 Å². The molecule has 0 fully saturated rings. The molecule has 0 saturated carbocycles. The Balaban J connectivity index is 1.42. The van der Waals surface area contributed by atoms with E-state index in [1.165, 1.54) is 0 Å². The second-order valence-electron chi connectivity index (χ2n) is 6.00. The maximum atomic E-state index is 12.3. The van der Waals surface area contributed by atoms with E-state index in [1.807, 2.05) is 30.3 Å². The number of carbonyl (C=O) groups excluding carboxylic acids is 1. The smallest absolute Gasteiger partial charge is 0.321 e. The van der Waals surface area contributed by atoms with Crippen LogP contribution in [0.5, 0.6) is 5.75 Å². The zero-order chi connectivity index (χ0) is 17.9. The van der Waals surface area contributed by atoms with Gasteiger partial charge in [-0.25, -0.2) is 4.79 Å². The lowest BCUT2D eigenvalue weighted by Crippen LogP contribution is -2.34. The summed E-state index contributed by atoms with van der Waals surface area (Å²) >= 11 is 1.14. The molecule has 2 heterocycles. The molecule has 7 nitrogen and oxygen atoms in total. The zero-order valence-corrected chi connectivity index (χ0v) is 15.0. The van der Waals surface area contributed by atoms with E-state index >= 15 is 0 Å². The first-order valence-electron chi connectivity index (χ1n) is 8.35. The number of amides is 2. The molecule has 2 N–H and O–H groups in total. The number of urea groups is 1. The van der Waals surface area contributed by atoms with Gasteiger partial charge in [0.2, 0.25) is 5.13 Å². The summed E-state index contributed by atoms with van der Waals surface area (Å²) in [5.74, 6) is 2.24. The number of ether oxygens (including phenoxy) is 1. The molecular weight excluding hydrogens is 352 g/mol. The highest BCUT2D eigenvalue weighted by Crippen LogP contribution is 2.30. The number of hydrogen-bond donors (Lipinski definition) is 2. The van der Waals surface area contributed by atoms with Gasteiger partial charge in [0, 0.05) is 29.1 Å². The third-order valence-electron chi connectivity index (χ3n) is 4.33. The summed E-state index contributed by atoms with van der Waals surface area (Å²) in [6.45, 7) is 0. The van der Waals surface area contributed by atoms with E-state index in [9.17, 15) is 4.79 Å². The number of benzene rings is 1. The van der Waals surface area contributed by atoms with Crippen molar-refractivity contribution in [1.29, 1.82) is 0 Å². The molecule has 0 saturated heterocycles. The number of nitrogens with one attached hydrogen (secondary N) is 2. The number of hydrogen-bond acceptors (Lipinski definition) is 6. The number of aryl methyl sites for hydroxylation is 1. The van der Waals surface area contributed by atoms with Gasteiger partial charge in [0.15, 0.2) is 5.82 Å². The van der Waals surface area contributed by atoms with Gasteiger partial charge >= 0.3 is 6.03 Å². The molecule has 1 aliphatic carbocycles. The quantitative estimate of drug-likeness (QED) is 0.724. The topological polar surface area (TPSA) is 89.3 Å². The average molecular weight is 370 g/mol. The summed E-state index contributed by atoms with van der Waals surface area (Å²) in [6.07, 6.45) is 4.48. The molecule has 2 aromatic heterocycles. The van der Waals surface area contributed by atoms with E-state index in [2.05, 4.69) is 20.0 Å². The van der Waals surface area contributed by atoms with Crippen LogP contribution in [0.15, 0.2) is 41.0 Å². The van der Waals surface area contributed by atoms with Gasteiger partial charge in [-0.15, -0.1) is 0 Å². The van der Waals surface area contributed by atoms with Crippen molar-refractivity contribution in [3.05, 3.63) is 47.9 Å². The van der Waals surface area contributed by atoms with Crippen molar-refractivity contribution in [3.8, 4) is 17.1 Å². The lowest BCUT2D eigenvalue weighted by Gasteiger charge is -2.22. The van der Waals surface area contributed by atoms with E-state index in [-0.39, 0.29) is 12.1 Å². The van der Waals surface area contributed by atoms with E-state index in [0.717, 1.165) is 53.4 Å². The van der Waals surface area contributed by atoms with E-state index in [1.54, 1.807) is 13.4 Å². The monoisotopic (exact) mass is 370 g/mol. The summed E-state index contributed by atoms with van der Waals surface area (Å²) < 4.78 is 15.0. The summed E-state index contributed by atoms with van der Waals surface area (Å²) in [6, 6.07) is 9.08. The van der Waals surface area contributed by atoms with Gasteiger partial charge in [-0.05, 0) is 31.0 Å². The Morgan fingerprint density at radius 3 is 3.19 bits per heavy atom. The number of fused-ring (bicyclic) bond motifs is 1. The van der Waals surface area contributed by atoms with Crippen LogP contribution >= 0.6 is 11.5 Å². The molecular formula is C18H18N4O3S. The second kappa shape index (κ2) is 7.17. The van der Waals surface area contributed by atoms with Crippen LogP contribution in [0.25, 0.3) is 11.4 Å². The van der Waals surface area contributed by atoms with Gasteiger partial charge < -0.3 is 14.5 Å². The van der Waals surface area contributed by atoms with Crippen molar-refractivity contribution in [1.82, 2.24) is 14.7 Å². The number of methoxy groups -OCH3 is 1. The highest BCUT2D eigenvalue weighted by molar-refractivity contribution is 7.10. The molecule has 2 amide bonds. The highest BCUT2D eigenvalue weighted by Gasteiger charge is 2.24. The molecule has 3 aromatic rings. The van der Waals surface area contributed by atoms with Gasteiger partial charge in [-0.1, -0.05) is 12.1 Å². The van der Waals surface area contributed by atoms with E-state index in [4.69, 9.17) is 9.15 Å². The van der Waals surface area contributed by atoms with Gasteiger partial charge in [-0.3, -0.25) is 5.32 Å². The SMILES string of the molecule is COc1cccc(-c2nsc(NC(=O)NC3CCCc4occc43)n2)c1. The number of anilines is 1. The molecule has 0 bridgehead atoms. The Morgan fingerprint density at radius 2 is 2.31 bits per heavy atom. The third-order valence-corrected chi connectivity index (χ3v) is 4.96. The van der Waals surface area contributed by atoms with Crippen molar-refractivity contribution >= 4 is 22.7 Å². The molecule has 26 heavy (non-hydrogen) atoms. The first kappa shape index (κ1) is 16.6. The van der Waals surface area contributed by atoms with Gasteiger partial charge in [-0.2, -0.15) is 9.36 Å². The summed E-state index contributed by atoms with van der Waals surface area (Å²) in [5, 5.41) is 6.20. The standard InChI is InChI=1S/C18H18N4O3S/c1-24-12-5-2-4-11(10-12)16-20-18(26-22-16)21-17(23)19-14-6-3-7-15-13(14)8-9-25-15/h2,4-5,8-10,14H,3,6-7H2,1H3,(H2,19,20,21,22,23). The fourth-order valence-electron chi connectivity index (χ4n) is 3.08. The maximum Gasteiger partial charge on any atom is 0.321 e. The Labute approximate surface area is 154 Å². The Morgan fingerprint density at radius 1 is 1.38 bits per heavy atom. The number of carbonyl (C=O) groups is 1. The van der Waals surface area contributed by atoms with Crippen LogP contribution < -0.4 is 15.4 Å². The fraction of sp³-hybridized carbons (Fsp3) is 0.278. The van der Waals surface area contributed by atoms with Crippen LogP contribution in [0.4, 0.5) is 9.93 Å². The molecule has 1 atom stereocenters. The van der Waals surface area contributed by atoms with Crippen molar-refractivity contribution in [2.45, 2.75) is 25.3 Å². The third kappa shape index (κ3) is 3.41. The molecule has 1 aromatic carbocycles. The summed E-state index contributed by atoms with van der Waals surface area (Å²) in [4.78, 5) is 16.7. The molecule has 1 unspecified atom stereocenters. The molecule has 8 heteroatoms. The van der Waals surface area contributed by atoms with E-state index in [0.29, 0.717) is 11.0 Å². The number of nitrogens with zero attached hydrogens (tertiary/aromatic N) is 2. The van der Waals surface area contributed by atoms with Gasteiger partial charge in [0.1, 0.15) is 11.5 Å². The van der Waals surface area contributed by atoms with Crippen LogP contribution in [-0.2, 0) is 6.42 Å². The number of rotatable bonds is 4. The first-order valence-corrected chi connectivity index (χ1v) is 9.12.